The van der Waals surface area contributed by atoms with Crippen LogP contribution >= 0.6 is 27.7 Å². The molecule has 4 heteroatoms. The maximum Gasteiger partial charge on any atom is 0.161 e. The fourth-order valence-corrected chi connectivity index (χ4v) is 1.75. The normalized spacial score (nSPS) is 10.1. The molecule has 0 saturated carbocycles. The number of hydrogen-bond donors (Lipinski definition) is 0. The summed E-state index contributed by atoms with van der Waals surface area (Å²) >= 11 is 5.19. The highest BCUT2D eigenvalue weighted by molar-refractivity contribution is 9.08. The van der Waals surface area contributed by atoms with E-state index in [9.17, 15) is 0 Å². The Morgan fingerprint density at radius 1 is 1.33 bits per heavy atom. The quantitative estimate of drug-likeness (QED) is 0.591. The summed E-state index contributed by atoms with van der Waals surface area (Å²) < 4.78 is 10.9. The largest absolute Gasteiger partial charge is 0.493 e. The molecule has 0 saturated heterocycles. The van der Waals surface area contributed by atoms with E-state index in [-0.39, 0.29) is 0 Å². The van der Waals surface area contributed by atoms with Crippen LogP contribution in [-0.4, -0.2) is 25.7 Å². The van der Waals surface area contributed by atoms with E-state index in [1.54, 1.807) is 18.9 Å². The van der Waals surface area contributed by atoms with Crippen molar-refractivity contribution in [3.05, 3.63) is 23.8 Å². The Balaban J connectivity index is 2.72. The SMILES string of the molecule is COc1ccc(CBr)cc1OCCSC. The number of hydrogen-bond acceptors (Lipinski definition) is 3. The summed E-state index contributed by atoms with van der Waals surface area (Å²) in [6.45, 7) is 0.712. The average molecular weight is 291 g/mol. The van der Waals surface area contributed by atoms with Gasteiger partial charge in [0.05, 0.1) is 13.7 Å². The first-order chi connectivity index (χ1) is 7.31. The van der Waals surface area contributed by atoms with Gasteiger partial charge < -0.3 is 9.47 Å². The van der Waals surface area contributed by atoms with E-state index in [0.29, 0.717) is 6.61 Å². The highest BCUT2D eigenvalue weighted by Gasteiger charge is 2.04. The fourth-order valence-electron chi connectivity index (χ4n) is 1.15. The molecule has 0 bridgehead atoms. The van der Waals surface area contributed by atoms with Gasteiger partial charge in [0.25, 0.3) is 0 Å². The number of alkyl halides is 1. The Morgan fingerprint density at radius 2 is 2.13 bits per heavy atom. The van der Waals surface area contributed by atoms with Crippen LogP contribution in [-0.2, 0) is 5.33 Å². The van der Waals surface area contributed by atoms with Crippen LogP contribution in [0, 0.1) is 0 Å². The maximum absolute atomic E-state index is 5.64. The first-order valence-electron chi connectivity index (χ1n) is 4.66. The van der Waals surface area contributed by atoms with Crippen LogP contribution in [0.3, 0.4) is 0 Å². The summed E-state index contributed by atoms with van der Waals surface area (Å²) in [6.07, 6.45) is 2.06. The van der Waals surface area contributed by atoms with Crippen molar-refractivity contribution >= 4 is 27.7 Å². The number of halogens is 1. The van der Waals surface area contributed by atoms with Crippen LogP contribution in [0.5, 0.6) is 11.5 Å². The summed E-state index contributed by atoms with van der Waals surface area (Å²) in [6, 6.07) is 5.97. The molecule has 1 aromatic carbocycles. The highest BCUT2D eigenvalue weighted by Crippen LogP contribution is 2.28. The van der Waals surface area contributed by atoms with E-state index >= 15 is 0 Å². The van der Waals surface area contributed by atoms with Gasteiger partial charge in [0, 0.05) is 11.1 Å². The first-order valence-corrected chi connectivity index (χ1v) is 7.18. The van der Waals surface area contributed by atoms with Gasteiger partial charge in [0.1, 0.15) is 0 Å². The van der Waals surface area contributed by atoms with Gasteiger partial charge in [-0.2, -0.15) is 11.8 Å². The molecule has 0 aliphatic carbocycles. The monoisotopic (exact) mass is 290 g/mol. The first kappa shape index (κ1) is 12.7. The Kier molecular flexibility index (Phi) is 5.95. The van der Waals surface area contributed by atoms with Crippen molar-refractivity contribution in [1.29, 1.82) is 0 Å². The van der Waals surface area contributed by atoms with E-state index in [0.717, 1.165) is 22.6 Å². The van der Waals surface area contributed by atoms with E-state index < -0.39 is 0 Å². The van der Waals surface area contributed by atoms with Crippen LogP contribution in [0.2, 0.25) is 0 Å². The Hall–Kier alpha value is -0.350. The molecule has 0 aliphatic rings. The Labute approximate surface area is 103 Å². The van der Waals surface area contributed by atoms with Crippen LogP contribution in [0.15, 0.2) is 18.2 Å². The molecule has 0 heterocycles. The lowest BCUT2D eigenvalue weighted by molar-refractivity contribution is 0.313. The predicted octanol–water partition coefficient (Wildman–Crippen LogP) is 3.33. The van der Waals surface area contributed by atoms with Crippen LogP contribution in [0.25, 0.3) is 0 Å². The topological polar surface area (TPSA) is 18.5 Å². The number of methoxy groups -OCH3 is 1. The Bertz CT molecular complexity index is 305. The van der Waals surface area contributed by atoms with Crippen molar-refractivity contribution in [1.82, 2.24) is 0 Å². The molecule has 0 unspecified atom stereocenters. The molecule has 0 amide bonds. The van der Waals surface area contributed by atoms with Gasteiger partial charge in [-0.05, 0) is 24.0 Å². The minimum atomic E-state index is 0.712. The van der Waals surface area contributed by atoms with Gasteiger partial charge >= 0.3 is 0 Å². The molecule has 0 aromatic heterocycles. The van der Waals surface area contributed by atoms with Crippen molar-refractivity contribution in [2.75, 3.05) is 25.7 Å². The lowest BCUT2D eigenvalue weighted by Crippen LogP contribution is -2.01. The molecular weight excluding hydrogens is 276 g/mol. The van der Waals surface area contributed by atoms with Crippen LogP contribution < -0.4 is 9.47 Å². The second-order valence-corrected chi connectivity index (χ2v) is 4.51. The van der Waals surface area contributed by atoms with Crippen molar-refractivity contribution in [3.8, 4) is 11.5 Å². The van der Waals surface area contributed by atoms with Gasteiger partial charge in [0.15, 0.2) is 11.5 Å². The summed E-state index contributed by atoms with van der Waals surface area (Å²) in [7, 11) is 1.66. The number of ether oxygens (including phenoxy) is 2. The molecule has 1 aromatic rings. The molecule has 0 aliphatic heterocycles. The van der Waals surface area contributed by atoms with Gasteiger partial charge in [-0.25, -0.2) is 0 Å². The van der Waals surface area contributed by atoms with Gasteiger partial charge in [0.2, 0.25) is 0 Å². The molecule has 0 radical (unpaired) electrons. The maximum atomic E-state index is 5.64. The Morgan fingerprint density at radius 3 is 2.73 bits per heavy atom. The third-order valence-electron chi connectivity index (χ3n) is 1.93. The molecule has 0 fully saturated rings. The molecule has 15 heavy (non-hydrogen) atoms. The van der Waals surface area contributed by atoms with Crippen molar-refractivity contribution in [3.63, 3.8) is 0 Å². The van der Waals surface area contributed by atoms with Crippen LogP contribution in [0.1, 0.15) is 5.56 Å². The third kappa shape index (κ3) is 3.95. The molecule has 2 nitrogen and oxygen atoms in total. The molecule has 0 spiro atoms. The van der Waals surface area contributed by atoms with E-state index in [1.165, 1.54) is 5.56 Å². The molecule has 0 atom stereocenters. The summed E-state index contributed by atoms with van der Waals surface area (Å²) in [4.78, 5) is 0. The number of thioether (sulfide) groups is 1. The van der Waals surface area contributed by atoms with Gasteiger partial charge in [-0.3, -0.25) is 0 Å². The standard InChI is InChI=1S/C11H15BrO2S/c1-13-10-4-3-9(8-12)7-11(10)14-5-6-15-2/h3-4,7H,5-6,8H2,1-2H3. The average Bonchev–Trinajstić information content (AvgIpc) is 2.29. The summed E-state index contributed by atoms with van der Waals surface area (Å²) in [5, 5.41) is 0.829. The predicted molar refractivity (Wildman–Crippen MR) is 69.5 cm³/mol. The minimum Gasteiger partial charge on any atom is -0.493 e. The molecular formula is C11H15BrO2S. The van der Waals surface area contributed by atoms with E-state index in [4.69, 9.17) is 9.47 Å². The zero-order chi connectivity index (χ0) is 11.1. The number of rotatable bonds is 6. The number of benzene rings is 1. The van der Waals surface area contributed by atoms with Crippen molar-refractivity contribution in [2.24, 2.45) is 0 Å². The highest BCUT2D eigenvalue weighted by atomic mass is 79.9. The lowest BCUT2D eigenvalue weighted by Gasteiger charge is -2.11. The smallest absolute Gasteiger partial charge is 0.161 e. The summed E-state index contributed by atoms with van der Waals surface area (Å²) in [5.41, 5.74) is 1.19. The third-order valence-corrected chi connectivity index (χ3v) is 3.15. The lowest BCUT2D eigenvalue weighted by atomic mass is 10.2. The zero-order valence-electron chi connectivity index (χ0n) is 8.96. The van der Waals surface area contributed by atoms with Crippen molar-refractivity contribution in [2.45, 2.75) is 5.33 Å². The second kappa shape index (κ2) is 7.01. The van der Waals surface area contributed by atoms with E-state index in [2.05, 4.69) is 22.2 Å². The van der Waals surface area contributed by atoms with Crippen molar-refractivity contribution < 1.29 is 9.47 Å². The zero-order valence-corrected chi connectivity index (χ0v) is 11.4. The molecule has 84 valence electrons. The summed E-state index contributed by atoms with van der Waals surface area (Å²) in [5.74, 6) is 2.60. The second-order valence-electron chi connectivity index (χ2n) is 2.96. The van der Waals surface area contributed by atoms with Crippen LogP contribution in [0.4, 0.5) is 0 Å². The van der Waals surface area contributed by atoms with Gasteiger partial charge in [-0.15, -0.1) is 0 Å². The minimum absolute atomic E-state index is 0.712. The van der Waals surface area contributed by atoms with E-state index in [1.807, 2.05) is 18.2 Å². The molecule has 1 rings (SSSR count). The van der Waals surface area contributed by atoms with Gasteiger partial charge in [-0.1, -0.05) is 22.0 Å². The molecule has 0 N–H and O–H groups in total. The fraction of sp³-hybridized carbons (Fsp3) is 0.455.